The molecular formula is C19H25ClN2OS. The number of aryl methyl sites for hydroxylation is 2. The lowest BCUT2D eigenvalue weighted by Gasteiger charge is -2.36. The highest BCUT2D eigenvalue weighted by Crippen LogP contribution is 2.25. The van der Waals surface area contributed by atoms with Crippen LogP contribution in [-0.4, -0.2) is 30.4 Å². The number of thiophene rings is 1. The van der Waals surface area contributed by atoms with E-state index in [1.54, 1.807) is 11.3 Å². The van der Waals surface area contributed by atoms with Gasteiger partial charge in [-0.2, -0.15) is 0 Å². The molecule has 3 nitrogen and oxygen atoms in total. The van der Waals surface area contributed by atoms with Crippen molar-refractivity contribution in [1.29, 1.82) is 0 Å². The maximum Gasteiger partial charge on any atom is 0.228 e. The molecule has 0 aliphatic carbocycles. The zero-order chi connectivity index (χ0) is 16.2. The molecule has 1 fully saturated rings. The van der Waals surface area contributed by atoms with Crippen molar-refractivity contribution < 1.29 is 4.79 Å². The predicted molar refractivity (Wildman–Crippen MR) is 103 cm³/mol. The molecule has 1 aliphatic heterocycles. The van der Waals surface area contributed by atoms with Gasteiger partial charge in [-0.05, 0) is 36.6 Å². The number of piperazine rings is 1. The summed E-state index contributed by atoms with van der Waals surface area (Å²) in [5, 5.41) is 3.42. The number of carbonyl (C=O) groups is 1. The molecule has 1 atom stereocenters. The van der Waals surface area contributed by atoms with E-state index in [0.717, 1.165) is 30.9 Å². The van der Waals surface area contributed by atoms with Gasteiger partial charge in [0.05, 0.1) is 12.5 Å². The van der Waals surface area contributed by atoms with E-state index in [-0.39, 0.29) is 24.4 Å². The van der Waals surface area contributed by atoms with Crippen LogP contribution in [0.3, 0.4) is 0 Å². The highest BCUT2D eigenvalue weighted by molar-refractivity contribution is 7.12. The van der Waals surface area contributed by atoms with E-state index in [4.69, 9.17) is 0 Å². The van der Waals surface area contributed by atoms with Crippen LogP contribution in [0, 0.1) is 6.92 Å². The van der Waals surface area contributed by atoms with Crippen molar-refractivity contribution in [1.82, 2.24) is 10.2 Å². The summed E-state index contributed by atoms with van der Waals surface area (Å²) in [7, 11) is 0. The Morgan fingerprint density at radius 1 is 1.25 bits per heavy atom. The van der Waals surface area contributed by atoms with Crippen LogP contribution in [0.25, 0.3) is 0 Å². The van der Waals surface area contributed by atoms with Crippen LogP contribution in [0.4, 0.5) is 0 Å². The minimum atomic E-state index is 0. The van der Waals surface area contributed by atoms with Crippen molar-refractivity contribution in [2.24, 2.45) is 0 Å². The van der Waals surface area contributed by atoms with Crippen LogP contribution in [0.5, 0.6) is 0 Å². The Morgan fingerprint density at radius 3 is 2.62 bits per heavy atom. The van der Waals surface area contributed by atoms with Crippen LogP contribution >= 0.6 is 23.7 Å². The Morgan fingerprint density at radius 2 is 2.00 bits per heavy atom. The van der Waals surface area contributed by atoms with Crippen molar-refractivity contribution in [3.8, 4) is 0 Å². The first-order valence-electron chi connectivity index (χ1n) is 8.31. The number of hydrogen-bond donors (Lipinski definition) is 1. The Balaban J connectivity index is 0.00000208. The van der Waals surface area contributed by atoms with E-state index in [9.17, 15) is 4.79 Å². The lowest BCUT2D eigenvalue weighted by molar-refractivity contribution is -0.133. The molecule has 5 heteroatoms. The molecule has 1 unspecified atom stereocenters. The van der Waals surface area contributed by atoms with Crippen LogP contribution in [0.1, 0.15) is 33.8 Å². The fourth-order valence-corrected chi connectivity index (χ4v) is 3.99. The van der Waals surface area contributed by atoms with Crippen molar-refractivity contribution in [2.75, 3.05) is 19.6 Å². The summed E-state index contributed by atoms with van der Waals surface area (Å²) >= 11 is 1.72. The van der Waals surface area contributed by atoms with Gasteiger partial charge in [0.15, 0.2) is 0 Å². The summed E-state index contributed by atoms with van der Waals surface area (Å²) in [6, 6.07) is 13.0. The van der Waals surface area contributed by atoms with Gasteiger partial charge in [0.25, 0.3) is 0 Å². The molecule has 3 rings (SSSR count). The van der Waals surface area contributed by atoms with Crippen LogP contribution < -0.4 is 5.32 Å². The molecule has 1 aromatic carbocycles. The molecule has 2 aromatic rings. The third kappa shape index (κ3) is 4.38. The fraction of sp³-hybridized carbons (Fsp3) is 0.421. The van der Waals surface area contributed by atoms with Gasteiger partial charge >= 0.3 is 0 Å². The summed E-state index contributed by atoms with van der Waals surface area (Å²) in [4.78, 5) is 17.3. The number of benzene rings is 1. The topological polar surface area (TPSA) is 32.3 Å². The lowest BCUT2D eigenvalue weighted by atomic mass is 10.0. The third-order valence-electron chi connectivity index (χ3n) is 4.46. The van der Waals surface area contributed by atoms with Crippen molar-refractivity contribution in [2.45, 2.75) is 32.7 Å². The van der Waals surface area contributed by atoms with Gasteiger partial charge in [0, 0.05) is 29.4 Å². The molecule has 0 spiro atoms. The first-order valence-corrected chi connectivity index (χ1v) is 9.13. The molecule has 130 valence electrons. The largest absolute Gasteiger partial charge is 0.333 e. The zero-order valence-corrected chi connectivity index (χ0v) is 15.9. The van der Waals surface area contributed by atoms with Gasteiger partial charge in [-0.1, -0.05) is 31.2 Å². The van der Waals surface area contributed by atoms with Gasteiger partial charge in [0.2, 0.25) is 5.91 Å². The van der Waals surface area contributed by atoms with Crippen molar-refractivity contribution in [3.05, 3.63) is 57.3 Å². The number of amides is 1. The first-order chi connectivity index (χ1) is 11.2. The second-order valence-corrected chi connectivity index (χ2v) is 7.46. The fourth-order valence-electron chi connectivity index (χ4n) is 3.11. The molecular weight excluding hydrogens is 340 g/mol. The van der Waals surface area contributed by atoms with E-state index < -0.39 is 0 Å². The molecule has 1 saturated heterocycles. The molecule has 2 heterocycles. The SMILES string of the molecule is CCc1ccc(C2CNCCN2C(=O)Cc2ccc(C)s2)cc1.Cl. The number of carbonyl (C=O) groups excluding carboxylic acids is 1. The smallest absolute Gasteiger partial charge is 0.228 e. The van der Waals surface area contributed by atoms with Crippen LogP contribution in [-0.2, 0) is 17.6 Å². The van der Waals surface area contributed by atoms with Gasteiger partial charge in [0.1, 0.15) is 0 Å². The summed E-state index contributed by atoms with van der Waals surface area (Å²) < 4.78 is 0. The maximum atomic E-state index is 12.8. The molecule has 24 heavy (non-hydrogen) atoms. The molecule has 1 aromatic heterocycles. The minimum Gasteiger partial charge on any atom is -0.333 e. The van der Waals surface area contributed by atoms with E-state index >= 15 is 0 Å². The summed E-state index contributed by atoms with van der Waals surface area (Å²) in [5.74, 6) is 0.234. The molecule has 1 aliphatic rings. The summed E-state index contributed by atoms with van der Waals surface area (Å²) in [5.41, 5.74) is 2.56. The van der Waals surface area contributed by atoms with Gasteiger partial charge in [-0.25, -0.2) is 0 Å². The summed E-state index contributed by atoms with van der Waals surface area (Å²) in [6.07, 6.45) is 1.56. The first kappa shape index (κ1) is 19.0. The zero-order valence-electron chi connectivity index (χ0n) is 14.2. The Bertz CT molecular complexity index is 668. The van der Waals surface area contributed by atoms with E-state index in [1.165, 1.54) is 16.0 Å². The quantitative estimate of drug-likeness (QED) is 0.895. The van der Waals surface area contributed by atoms with Gasteiger partial charge in [-0.15, -0.1) is 23.7 Å². The predicted octanol–water partition coefficient (Wildman–Crippen LogP) is 3.76. The highest BCUT2D eigenvalue weighted by atomic mass is 35.5. The third-order valence-corrected chi connectivity index (χ3v) is 5.46. The van der Waals surface area contributed by atoms with E-state index in [1.807, 2.05) is 4.90 Å². The maximum absolute atomic E-state index is 12.8. The Hall–Kier alpha value is -1.36. The molecule has 0 radical (unpaired) electrons. The second-order valence-electron chi connectivity index (χ2n) is 6.09. The van der Waals surface area contributed by atoms with Crippen molar-refractivity contribution >= 4 is 29.7 Å². The molecule has 1 N–H and O–H groups in total. The molecule has 0 saturated carbocycles. The number of halogens is 1. The standard InChI is InChI=1S/C19H24N2OS.ClH/c1-3-15-5-7-16(8-6-15)18-13-20-10-11-21(18)19(22)12-17-9-4-14(2)23-17;/h4-9,18,20H,3,10-13H2,1-2H3;1H. The lowest BCUT2D eigenvalue weighted by Crippen LogP contribution is -2.49. The number of nitrogens with zero attached hydrogens (tertiary/aromatic N) is 1. The van der Waals surface area contributed by atoms with Gasteiger partial charge in [-0.3, -0.25) is 4.79 Å². The molecule has 0 bridgehead atoms. The number of rotatable bonds is 4. The number of nitrogens with one attached hydrogen (secondary N) is 1. The van der Waals surface area contributed by atoms with Gasteiger partial charge < -0.3 is 10.2 Å². The summed E-state index contributed by atoms with van der Waals surface area (Å²) in [6.45, 7) is 6.74. The monoisotopic (exact) mass is 364 g/mol. The molecule has 1 amide bonds. The van der Waals surface area contributed by atoms with Crippen LogP contribution in [0.2, 0.25) is 0 Å². The average molecular weight is 365 g/mol. The van der Waals surface area contributed by atoms with E-state index in [0.29, 0.717) is 6.42 Å². The Kier molecular flexibility index (Phi) is 6.84. The second kappa shape index (κ2) is 8.65. The minimum absolute atomic E-state index is 0. The highest BCUT2D eigenvalue weighted by Gasteiger charge is 2.27. The normalized spacial score (nSPS) is 17.4. The average Bonchev–Trinajstić information content (AvgIpc) is 3.00. The van der Waals surface area contributed by atoms with E-state index in [2.05, 4.69) is 55.6 Å². The van der Waals surface area contributed by atoms with Crippen molar-refractivity contribution in [3.63, 3.8) is 0 Å². The Labute approximate surface area is 154 Å². The van der Waals surface area contributed by atoms with Crippen LogP contribution in [0.15, 0.2) is 36.4 Å². The number of hydrogen-bond acceptors (Lipinski definition) is 3.